The zero-order chi connectivity index (χ0) is 14.3. The maximum absolute atomic E-state index is 10.9. The summed E-state index contributed by atoms with van der Waals surface area (Å²) < 4.78 is 0. The summed E-state index contributed by atoms with van der Waals surface area (Å²) in [6, 6.07) is 4.40. The molecule has 0 fully saturated rings. The Kier molecular flexibility index (Phi) is 5.69. The van der Waals surface area contributed by atoms with E-state index in [4.69, 9.17) is 5.53 Å². The number of carbonyl (C=O) groups excluding carboxylic acids is 2. The number of hydrogen-bond acceptors (Lipinski definition) is 5. The predicted octanol–water partition coefficient (Wildman–Crippen LogP) is 1.41. The molecule has 0 aliphatic carbocycles. The second-order valence-corrected chi connectivity index (χ2v) is 3.84. The minimum absolute atomic E-state index is 0.00834. The number of benzene rings is 1. The Labute approximate surface area is 109 Å². The molecule has 0 aliphatic rings. The van der Waals surface area contributed by atoms with E-state index in [2.05, 4.69) is 10.0 Å². The van der Waals surface area contributed by atoms with Gasteiger partial charge in [0.2, 0.25) is 0 Å². The highest BCUT2D eigenvalue weighted by Gasteiger charge is 2.23. The van der Waals surface area contributed by atoms with E-state index in [1.54, 1.807) is 0 Å². The molecule has 0 amide bonds. The van der Waals surface area contributed by atoms with Crippen LogP contribution in [0.25, 0.3) is 10.4 Å². The first-order valence-corrected chi connectivity index (χ1v) is 5.56. The number of hydrogen-bond donors (Lipinski definition) is 2. The molecule has 0 aliphatic heterocycles. The first kappa shape index (κ1) is 14.8. The van der Waals surface area contributed by atoms with Crippen LogP contribution in [0.5, 0.6) is 0 Å². The Balaban J connectivity index is 3.02. The number of nitrogens with zero attached hydrogens (tertiary/aromatic N) is 3. The zero-order valence-corrected chi connectivity index (χ0v) is 10.0. The number of carbonyl (C=O) groups is 2. The van der Waals surface area contributed by atoms with Gasteiger partial charge in [-0.25, -0.2) is 0 Å². The fourth-order valence-electron chi connectivity index (χ4n) is 1.73. The lowest BCUT2D eigenvalue weighted by Gasteiger charge is -2.20. The molecule has 0 heterocycles. The van der Waals surface area contributed by atoms with Crippen molar-refractivity contribution in [2.75, 3.05) is 6.54 Å². The second kappa shape index (κ2) is 7.27. The first-order chi connectivity index (χ1) is 9.15. The van der Waals surface area contributed by atoms with Gasteiger partial charge in [0.15, 0.2) is 0 Å². The number of aliphatic hydroxyl groups excluding tert-OH is 2. The Morgan fingerprint density at radius 3 is 2.32 bits per heavy atom. The molecule has 0 spiro atoms. The summed E-state index contributed by atoms with van der Waals surface area (Å²) >= 11 is 0. The van der Waals surface area contributed by atoms with Gasteiger partial charge >= 0.3 is 0 Å². The largest absolute Gasteiger partial charge is 0.390 e. The molecule has 2 unspecified atom stereocenters. The summed E-state index contributed by atoms with van der Waals surface area (Å²) in [5, 5.41) is 23.0. The van der Waals surface area contributed by atoms with E-state index in [0.29, 0.717) is 12.6 Å². The summed E-state index contributed by atoms with van der Waals surface area (Å²) in [6.45, 7) is 0.00834. The van der Waals surface area contributed by atoms with Gasteiger partial charge in [0.1, 0.15) is 18.7 Å². The third-order valence-electron chi connectivity index (χ3n) is 2.68. The summed E-state index contributed by atoms with van der Waals surface area (Å²) in [4.78, 5) is 24.3. The van der Waals surface area contributed by atoms with E-state index in [-0.39, 0.29) is 29.7 Å². The first-order valence-electron chi connectivity index (χ1n) is 5.56. The lowest BCUT2D eigenvalue weighted by atomic mass is 9.93. The van der Waals surface area contributed by atoms with Gasteiger partial charge in [-0.1, -0.05) is 23.3 Å². The number of azide groups is 1. The second-order valence-electron chi connectivity index (χ2n) is 3.84. The van der Waals surface area contributed by atoms with Gasteiger partial charge in [0, 0.05) is 28.1 Å². The van der Waals surface area contributed by atoms with Gasteiger partial charge in [-0.2, -0.15) is 0 Å². The van der Waals surface area contributed by atoms with Crippen LogP contribution in [0.3, 0.4) is 0 Å². The molecule has 2 atom stereocenters. The van der Waals surface area contributed by atoms with Crippen LogP contribution in [0.15, 0.2) is 23.3 Å². The molecule has 1 aromatic carbocycles. The minimum Gasteiger partial charge on any atom is -0.390 e. The number of rotatable bonds is 7. The molecule has 2 N–H and O–H groups in total. The van der Waals surface area contributed by atoms with Crippen molar-refractivity contribution in [3.8, 4) is 0 Å². The number of aliphatic hydroxyl groups is 2. The van der Waals surface area contributed by atoms with Crippen LogP contribution in [0, 0.1) is 0 Å². The standard InChI is InChI=1S/C12H13N3O4/c13-15-14-5-4-10(18)12(19)11-8(6-16)2-1-3-9(11)7-17/h1-3,6-7,10,12,18-19H,4-5H2. The van der Waals surface area contributed by atoms with Gasteiger partial charge in [-0.05, 0) is 12.0 Å². The highest BCUT2D eigenvalue weighted by atomic mass is 16.3. The van der Waals surface area contributed by atoms with Crippen LogP contribution in [0.2, 0.25) is 0 Å². The smallest absolute Gasteiger partial charge is 0.150 e. The summed E-state index contributed by atoms with van der Waals surface area (Å²) in [5.41, 5.74) is 8.48. The normalized spacial score (nSPS) is 13.2. The van der Waals surface area contributed by atoms with Crippen molar-refractivity contribution in [1.29, 1.82) is 0 Å². The molecule has 0 saturated heterocycles. The van der Waals surface area contributed by atoms with Gasteiger partial charge in [-0.3, -0.25) is 9.59 Å². The van der Waals surface area contributed by atoms with E-state index in [0.717, 1.165) is 0 Å². The molecular weight excluding hydrogens is 250 g/mol. The molecule has 0 bridgehead atoms. The van der Waals surface area contributed by atoms with Crippen LogP contribution in [0.4, 0.5) is 0 Å². The molecule has 0 saturated carbocycles. The van der Waals surface area contributed by atoms with Crippen molar-refractivity contribution in [3.63, 3.8) is 0 Å². The Morgan fingerprint density at radius 1 is 1.26 bits per heavy atom. The van der Waals surface area contributed by atoms with E-state index in [1.165, 1.54) is 18.2 Å². The van der Waals surface area contributed by atoms with Crippen molar-refractivity contribution in [2.24, 2.45) is 5.11 Å². The van der Waals surface area contributed by atoms with Gasteiger partial charge in [0.05, 0.1) is 6.10 Å². The predicted molar refractivity (Wildman–Crippen MR) is 66.8 cm³/mol. The average Bonchev–Trinajstić information content (AvgIpc) is 2.45. The van der Waals surface area contributed by atoms with Crippen LogP contribution < -0.4 is 0 Å². The maximum Gasteiger partial charge on any atom is 0.150 e. The minimum atomic E-state index is -1.39. The van der Waals surface area contributed by atoms with E-state index < -0.39 is 12.2 Å². The number of aldehydes is 2. The molecule has 19 heavy (non-hydrogen) atoms. The molecule has 0 aromatic heterocycles. The highest BCUT2D eigenvalue weighted by Crippen LogP contribution is 2.25. The highest BCUT2D eigenvalue weighted by molar-refractivity contribution is 5.86. The molecule has 7 heteroatoms. The molecule has 7 nitrogen and oxygen atoms in total. The topological polar surface area (TPSA) is 123 Å². The Bertz CT molecular complexity index is 485. The van der Waals surface area contributed by atoms with Crippen LogP contribution in [-0.2, 0) is 0 Å². The Hall–Kier alpha value is -2.21. The molecular formula is C12H13N3O4. The third-order valence-corrected chi connectivity index (χ3v) is 2.68. The fourth-order valence-corrected chi connectivity index (χ4v) is 1.73. The summed E-state index contributed by atoms with van der Waals surface area (Å²) in [6.07, 6.45) is -1.59. The lowest BCUT2D eigenvalue weighted by Crippen LogP contribution is -2.21. The maximum atomic E-state index is 10.9. The van der Waals surface area contributed by atoms with Gasteiger partial charge < -0.3 is 10.2 Å². The monoisotopic (exact) mass is 263 g/mol. The molecule has 100 valence electrons. The average molecular weight is 263 g/mol. The van der Waals surface area contributed by atoms with Crippen molar-refractivity contribution in [2.45, 2.75) is 18.6 Å². The van der Waals surface area contributed by atoms with Gasteiger partial charge in [-0.15, -0.1) is 0 Å². The quantitative estimate of drug-likeness (QED) is 0.334. The van der Waals surface area contributed by atoms with Gasteiger partial charge in [0.25, 0.3) is 0 Å². The van der Waals surface area contributed by atoms with Crippen LogP contribution in [0.1, 0.15) is 38.8 Å². The van der Waals surface area contributed by atoms with E-state index in [9.17, 15) is 19.8 Å². The van der Waals surface area contributed by atoms with Crippen LogP contribution in [-0.4, -0.2) is 35.4 Å². The van der Waals surface area contributed by atoms with Crippen molar-refractivity contribution < 1.29 is 19.8 Å². The van der Waals surface area contributed by atoms with Crippen LogP contribution >= 0.6 is 0 Å². The third kappa shape index (κ3) is 3.62. The fraction of sp³-hybridized carbons (Fsp3) is 0.333. The van der Waals surface area contributed by atoms with Crippen molar-refractivity contribution in [3.05, 3.63) is 45.3 Å². The molecule has 0 radical (unpaired) electrons. The summed E-state index contributed by atoms with van der Waals surface area (Å²) in [7, 11) is 0. The molecule has 1 rings (SSSR count). The Morgan fingerprint density at radius 2 is 1.84 bits per heavy atom. The lowest BCUT2D eigenvalue weighted by molar-refractivity contribution is 0.0144. The van der Waals surface area contributed by atoms with Crippen molar-refractivity contribution >= 4 is 12.6 Å². The van der Waals surface area contributed by atoms with E-state index in [1.807, 2.05) is 0 Å². The molecule has 1 aromatic rings. The van der Waals surface area contributed by atoms with E-state index >= 15 is 0 Å². The van der Waals surface area contributed by atoms with Crippen molar-refractivity contribution in [1.82, 2.24) is 0 Å². The summed E-state index contributed by atoms with van der Waals surface area (Å²) in [5.74, 6) is 0. The SMILES string of the molecule is [N-]=[N+]=NCCC(O)C(O)c1c(C=O)cccc1C=O. The zero-order valence-electron chi connectivity index (χ0n) is 10.0.